The number of ether oxygens (including phenoxy) is 1. The van der Waals surface area contributed by atoms with Crippen molar-refractivity contribution in [3.63, 3.8) is 0 Å². The maximum atomic E-state index is 7.87. The molecular formula is C8H14N2O2. The van der Waals surface area contributed by atoms with Crippen LogP contribution in [-0.2, 0) is 4.74 Å². The summed E-state index contributed by atoms with van der Waals surface area (Å²) in [5.74, 6) is 0. The molecule has 0 saturated heterocycles. The minimum absolute atomic E-state index is 0.497. The average molecular weight is 170 g/mol. The number of methoxy groups -OCH3 is 1. The summed E-state index contributed by atoms with van der Waals surface area (Å²) in [7, 11) is 2.58. The van der Waals surface area contributed by atoms with Gasteiger partial charge < -0.3 is 9.84 Å². The molecule has 0 aromatic heterocycles. The SMILES string of the molecule is C=CC#N.CO.COCCC#N. The second-order valence-electron chi connectivity index (χ2n) is 1.23. The average Bonchev–Trinajstić information content (AvgIpc) is 2.18. The first-order chi connectivity index (χ1) is 5.83. The fraction of sp³-hybridized carbons (Fsp3) is 0.500. The topological polar surface area (TPSA) is 77.0 Å². The number of allylic oxidation sites excluding steroid dienone is 1. The minimum Gasteiger partial charge on any atom is -0.400 e. The second kappa shape index (κ2) is 33.4. The van der Waals surface area contributed by atoms with Crippen LogP contribution in [0.2, 0.25) is 0 Å². The normalized spacial score (nSPS) is 5.42. The van der Waals surface area contributed by atoms with Gasteiger partial charge in [-0.15, -0.1) is 0 Å². The third-order valence-electron chi connectivity index (χ3n) is 0.509. The van der Waals surface area contributed by atoms with Crippen LogP contribution < -0.4 is 0 Å². The summed E-state index contributed by atoms with van der Waals surface area (Å²) in [6.45, 7) is 3.67. The minimum atomic E-state index is 0.497. The van der Waals surface area contributed by atoms with E-state index in [1.165, 1.54) is 6.08 Å². The number of hydrogen-bond donors (Lipinski definition) is 1. The number of rotatable bonds is 2. The molecule has 0 fully saturated rings. The van der Waals surface area contributed by atoms with Gasteiger partial charge in [-0.25, -0.2) is 0 Å². The fourth-order valence-corrected chi connectivity index (χ4v) is 0.148. The van der Waals surface area contributed by atoms with Gasteiger partial charge in [0.2, 0.25) is 0 Å². The summed E-state index contributed by atoms with van der Waals surface area (Å²) in [4.78, 5) is 0. The van der Waals surface area contributed by atoms with Crippen molar-refractivity contribution < 1.29 is 9.84 Å². The van der Waals surface area contributed by atoms with E-state index in [0.717, 1.165) is 7.11 Å². The standard InChI is InChI=1S/C4H7NO.C3H3N.CH4O/c1-6-4-2-3-5;1-2-3-4;1-2/h2,4H2,1H3;2H,1H2;2H,1H3. The first-order valence-corrected chi connectivity index (χ1v) is 3.14. The van der Waals surface area contributed by atoms with Gasteiger partial charge in [-0.05, 0) is 0 Å². The number of hydrogen-bond acceptors (Lipinski definition) is 4. The summed E-state index contributed by atoms with van der Waals surface area (Å²) in [5.41, 5.74) is 0. The molecule has 0 rings (SSSR count). The maximum Gasteiger partial charge on any atom is 0.0905 e. The van der Waals surface area contributed by atoms with Crippen LogP contribution in [0.3, 0.4) is 0 Å². The molecule has 0 aliphatic heterocycles. The highest BCUT2D eigenvalue weighted by Gasteiger charge is 1.73. The summed E-state index contributed by atoms with van der Waals surface area (Å²) in [5, 5.41) is 22.4. The van der Waals surface area contributed by atoms with E-state index >= 15 is 0 Å². The molecule has 0 aromatic carbocycles. The van der Waals surface area contributed by atoms with Gasteiger partial charge in [-0.3, -0.25) is 0 Å². The Morgan fingerprint density at radius 1 is 1.50 bits per heavy atom. The molecule has 0 saturated carbocycles. The number of aliphatic hydroxyl groups is 1. The van der Waals surface area contributed by atoms with Gasteiger partial charge >= 0.3 is 0 Å². The molecule has 1 N–H and O–H groups in total. The van der Waals surface area contributed by atoms with Gasteiger partial charge in [0.05, 0.1) is 25.2 Å². The quantitative estimate of drug-likeness (QED) is 0.492. The third-order valence-corrected chi connectivity index (χ3v) is 0.509. The highest BCUT2D eigenvalue weighted by molar-refractivity contribution is 4.93. The maximum absolute atomic E-state index is 7.87. The Labute approximate surface area is 73.3 Å². The highest BCUT2D eigenvalue weighted by atomic mass is 16.5. The van der Waals surface area contributed by atoms with Crippen molar-refractivity contribution in [1.82, 2.24) is 0 Å². The van der Waals surface area contributed by atoms with Gasteiger partial charge in [0.15, 0.2) is 0 Å². The predicted molar refractivity (Wildman–Crippen MR) is 46.1 cm³/mol. The molecule has 0 atom stereocenters. The van der Waals surface area contributed by atoms with Crippen molar-refractivity contribution in [3.05, 3.63) is 12.7 Å². The zero-order valence-corrected chi connectivity index (χ0v) is 7.45. The Bertz CT molecular complexity index is 144. The van der Waals surface area contributed by atoms with Crippen molar-refractivity contribution in [2.45, 2.75) is 6.42 Å². The van der Waals surface area contributed by atoms with E-state index in [0.29, 0.717) is 13.0 Å². The lowest BCUT2D eigenvalue weighted by Gasteiger charge is -1.82. The Hall–Kier alpha value is -1.36. The Balaban J connectivity index is -0.000000118. The summed E-state index contributed by atoms with van der Waals surface area (Å²) in [6, 6.07) is 3.64. The van der Waals surface area contributed by atoms with Crippen molar-refractivity contribution in [2.75, 3.05) is 20.8 Å². The van der Waals surface area contributed by atoms with Crippen LogP contribution in [0.5, 0.6) is 0 Å². The molecular weight excluding hydrogens is 156 g/mol. The van der Waals surface area contributed by atoms with E-state index in [1.54, 1.807) is 13.2 Å². The summed E-state index contributed by atoms with van der Waals surface area (Å²) >= 11 is 0. The van der Waals surface area contributed by atoms with Crippen molar-refractivity contribution >= 4 is 0 Å². The van der Waals surface area contributed by atoms with Crippen molar-refractivity contribution in [3.8, 4) is 12.1 Å². The van der Waals surface area contributed by atoms with E-state index < -0.39 is 0 Å². The van der Waals surface area contributed by atoms with Crippen LogP contribution >= 0.6 is 0 Å². The predicted octanol–water partition coefficient (Wildman–Crippen LogP) is 0.851. The van der Waals surface area contributed by atoms with Crippen LogP contribution in [0.4, 0.5) is 0 Å². The van der Waals surface area contributed by atoms with E-state index in [9.17, 15) is 0 Å². The summed E-state index contributed by atoms with van der Waals surface area (Å²) in [6.07, 6.45) is 1.68. The van der Waals surface area contributed by atoms with Crippen molar-refractivity contribution in [2.24, 2.45) is 0 Å². The zero-order chi connectivity index (χ0) is 10.2. The van der Waals surface area contributed by atoms with Crippen LogP contribution in [0.25, 0.3) is 0 Å². The van der Waals surface area contributed by atoms with Gasteiger partial charge in [0, 0.05) is 20.3 Å². The first kappa shape index (κ1) is 16.9. The largest absolute Gasteiger partial charge is 0.400 e. The van der Waals surface area contributed by atoms with Crippen LogP contribution in [-0.4, -0.2) is 25.9 Å². The Kier molecular flexibility index (Phi) is 47.2. The molecule has 0 aliphatic carbocycles. The lowest BCUT2D eigenvalue weighted by molar-refractivity contribution is 0.205. The number of nitrogens with zero attached hydrogens (tertiary/aromatic N) is 2. The van der Waals surface area contributed by atoms with Gasteiger partial charge in [0.25, 0.3) is 0 Å². The number of aliphatic hydroxyl groups excluding tert-OH is 1. The smallest absolute Gasteiger partial charge is 0.0905 e. The molecule has 0 heterocycles. The zero-order valence-electron chi connectivity index (χ0n) is 7.45. The first-order valence-electron chi connectivity index (χ1n) is 3.14. The van der Waals surface area contributed by atoms with E-state index in [4.69, 9.17) is 15.6 Å². The molecule has 0 unspecified atom stereocenters. The van der Waals surface area contributed by atoms with Crippen LogP contribution in [0, 0.1) is 22.7 Å². The molecule has 4 heteroatoms. The lowest BCUT2D eigenvalue weighted by atomic mass is 10.5. The lowest BCUT2D eigenvalue weighted by Crippen LogP contribution is -1.82. The van der Waals surface area contributed by atoms with Gasteiger partial charge in [0.1, 0.15) is 0 Å². The Morgan fingerprint density at radius 3 is 2.00 bits per heavy atom. The Morgan fingerprint density at radius 2 is 1.92 bits per heavy atom. The monoisotopic (exact) mass is 170 g/mol. The van der Waals surface area contributed by atoms with Crippen LogP contribution in [0.15, 0.2) is 12.7 Å². The highest BCUT2D eigenvalue weighted by Crippen LogP contribution is 1.71. The molecule has 0 aliphatic rings. The molecule has 12 heavy (non-hydrogen) atoms. The molecule has 0 bridgehead atoms. The fourth-order valence-electron chi connectivity index (χ4n) is 0.148. The third kappa shape index (κ3) is 72.4. The number of nitriles is 2. The van der Waals surface area contributed by atoms with Gasteiger partial charge in [-0.1, -0.05) is 6.58 Å². The van der Waals surface area contributed by atoms with E-state index in [2.05, 4.69) is 11.3 Å². The van der Waals surface area contributed by atoms with Crippen molar-refractivity contribution in [1.29, 1.82) is 10.5 Å². The van der Waals surface area contributed by atoms with Crippen LogP contribution in [0.1, 0.15) is 6.42 Å². The molecule has 0 aromatic rings. The second-order valence-corrected chi connectivity index (χ2v) is 1.23. The van der Waals surface area contributed by atoms with E-state index in [1.807, 2.05) is 6.07 Å². The molecule has 0 spiro atoms. The van der Waals surface area contributed by atoms with Gasteiger partial charge in [-0.2, -0.15) is 10.5 Å². The molecule has 4 nitrogen and oxygen atoms in total. The molecule has 0 amide bonds. The molecule has 68 valence electrons. The molecule has 0 radical (unpaired) electrons. The van der Waals surface area contributed by atoms with E-state index in [-0.39, 0.29) is 0 Å². The summed E-state index contributed by atoms with van der Waals surface area (Å²) < 4.78 is 4.56.